The molecular weight excluding hydrogens is 444 g/mol. The number of likely N-dealkylation sites (tertiary alicyclic amines) is 1. The predicted molar refractivity (Wildman–Crippen MR) is 124 cm³/mol. The molecule has 3 heterocycles. The molecule has 0 atom stereocenters. The molecule has 1 aromatic carbocycles. The van der Waals surface area contributed by atoms with E-state index in [4.69, 9.17) is 14.0 Å². The molecule has 0 spiro atoms. The number of benzene rings is 1. The number of aryl methyl sites for hydroxylation is 1. The van der Waals surface area contributed by atoms with Crippen LogP contribution in [0.3, 0.4) is 0 Å². The second-order valence-corrected chi connectivity index (χ2v) is 8.59. The molecule has 2 amide bonds. The maximum Gasteiger partial charge on any atom is 0.256 e. The van der Waals surface area contributed by atoms with E-state index in [2.05, 4.69) is 15.5 Å². The molecule has 1 saturated heterocycles. The number of nitrogens with one attached hydrogen (secondary N) is 1. The number of hydrogen-bond donors (Lipinski definition) is 1. The van der Waals surface area contributed by atoms with Crippen LogP contribution < -0.4 is 14.8 Å². The van der Waals surface area contributed by atoms with Crippen molar-refractivity contribution in [2.24, 2.45) is 0 Å². The number of carbonyl (C=O) groups is 2. The third-order valence-electron chi connectivity index (χ3n) is 5.45. The smallest absolute Gasteiger partial charge is 0.256 e. The Morgan fingerprint density at radius 3 is 2.61 bits per heavy atom. The van der Waals surface area contributed by atoms with Gasteiger partial charge in [0.25, 0.3) is 5.91 Å². The maximum atomic E-state index is 13.2. The molecule has 1 fully saturated rings. The zero-order chi connectivity index (χ0) is 23.2. The number of amides is 2. The van der Waals surface area contributed by atoms with E-state index in [0.717, 1.165) is 24.1 Å². The number of ether oxygens (including phenoxy) is 2. The van der Waals surface area contributed by atoms with Gasteiger partial charge in [0.1, 0.15) is 0 Å². The van der Waals surface area contributed by atoms with Gasteiger partial charge in [-0.1, -0.05) is 11.2 Å². The lowest BCUT2D eigenvalue weighted by Crippen LogP contribution is -2.36. The van der Waals surface area contributed by atoms with Crippen LogP contribution in [0.15, 0.2) is 34.2 Å². The Balaban J connectivity index is 1.48. The summed E-state index contributed by atoms with van der Waals surface area (Å²) in [5.41, 5.74) is 0.763. The zero-order valence-corrected chi connectivity index (χ0v) is 19.4. The molecule has 2 aromatic heterocycles. The standard InChI is InChI=1S/C23H26N4O5S/c1-30-17-13-15(23(29)27-10-4-3-5-11-27)16(14-18(17)31-2)24-20(28)8-9-21-25-22(26-32-21)19-7-6-12-33-19/h6-7,12-14H,3-5,8-11H2,1-2H3,(H,24,28). The molecule has 9 nitrogen and oxygen atoms in total. The fraction of sp³-hybridized carbons (Fsp3) is 0.391. The van der Waals surface area contributed by atoms with Crippen molar-refractivity contribution in [3.8, 4) is 22.2 Å². The first-order valence-electron chi connectivity index (χ1n) is 10.8. The van der Waals surface area contributed by atoms with Crippen molar-refractivity contribution < 1.29 is 23.6 Å². The fourth-order valence-electron chi connectivity index (χ4n) is 3.72. The van der Waals surface area contributed by atoms with Gasteiger partial charge in [0.2, 0.25) is 17.6 Å². The van der Waals surface area contributed by atoms with E-state index in [9.17, 15) is 9.59 Å². The first kappa shape index (κ1) is 22.8. The highest BCUT2D eigenvalue weighted by atomic mass is 32.1. The van der Waals surface area contributed by atoms with Crippen LogP contribution in [0.1, 0.15) is 41.9 Å². The molecule has 10 heteroatoms. The number of hydrogen-bond acceptors (Lipinski definition) is 8. The summed E-state index contributed by atoms with van der Waals surface area (Å²) in [6, 6.07) is 7.06. The van der Waals surface area contributed by atoms with Crippen molar-refractivity contribution in [2.75, 3.05) is 32.6 Å². The third-order valence-corrected chi connectivity index (χ3v) is 6.31. The quantitative estimate of drug-likeness (QED) is 0.530. The Labute approximate surface area is 195 Å². The molecule has 174 valence electrons. The maximum absolute atomic E-state index is 13.2. The molecule has 3 aromatic rings. The SMILES string of the molecule is COc1cc(NC(=O)CCc2nc(-c3cccs3)no2)c(C(=O)N2CCCCC2)cc1OC. The molecule has 1 aliphatic rings. The van der Waals surface area contributed by atoms with Crippen LogP contribution in [-0.2, 0) is 11.2 Å². The average Bonchev–Trinajstić information content (AvgIpc) is 3.55. The first-order valence-corrected chi connectivity index (χ1v) is 11.7. The highest BCUT2D eigenvalue weighted by molar-refractivity contribution is 7.13. The third kappa shape index (κ3) is 5.33. The second kappa shape index (κ2) is 10.5. The Kier molecular flexibility index (Phi) is 7.23. The number of nitrogens with zero attached hydrogens (tertiary/aromatic N) is 3. The number of methoxy groups -OCH3 is 2. The van der Waals surface area contributed by atoms with E-state index in [-0.39, 0.29) is 24.7 Å². The molecule has 1 aliphatic heterocycles. The Morgan fingerprint density at radius 1 is 1.15 bits per heavy atom. The summed E-state index contributed by atoms with van der Waals surface area (Å²) in [4.78, 5) is 33.0. The lowest BCUT2D eigenvalue weighted by Gasteiger charge is -2.28. The minimum absolute atomic E-state index is 0.123. The van der Waals surface area contributed by atoms with E-state index in [1.54, 1.807) is 12.1 Å². The lowest BCUT2D eigenvalue weighted by molar-refractivity contribution is -0.116. The highest BCUT2D eigenvalue weighted by Crippen LogP contribution is 2.34. The molecule has 0 unspecified atom stereocenters. The number of aromatic nitrogens is 2. The summed E-state index contributed by atoms with van der Waals surface area (Å²) in [7, 11) is 3.02. The fourth-order valence-corrected chi connectivity index (χ4v) is 4.37. The van der Waals surface area contributed by atoms with Gasteiger partial charge in [-0.15, -0.1) is 11.3 Å². The van der Waals surface area contributed by atoms with Gasteiger partial charge in [0, 0.05) is 32.0 Å². The summed E-state index contributed by atoms with van der Waals surface area (Å²) < 4.78 is 16.0. The summed E-state index contributed by atoms with van der Waals surface area (Å²) in [5, 5.41) is 8.75. The normalized spacial score (nSPS) is 13.6. The summed E-state index contributed by atoms with van der Waals surface area (Å²) in [6.45, 7) is 1.40. The van der Waals surface area contributed by atoms with Crippen molar-refractivity contribution in [2.45, 2.75) is 32.1 Å². The Hall–Kier alpha value is -3.40. The van der Waals surface area contributed by atoms with Gasteiger partial charge < -0.3 is 24.2 Å². The van der Waals surface area contributed by atoms with Gasteiger partial charge in [-0.3, -0.25) is 9.59 Å². The van der Waals surface area contributed by atoms with Crippen molar-refractivity contribution in [1.82, 2.24) is 15.0 Å². The first-order chi connectivity index (χ1) is 16.1. The largest absolute Gasteiger partial charge is 0.493 e. The van der Waals surface area contributed by atoms with Gasteiger partial charge in [-0.25, -0.2) is 0 Å². The van der Waals surface area contributed by atoms with E-state index < -0.39 is 0 Å². The zero-order valence-electron chi connectivity index (χ0n) is 18.6. The minimum Gasteiger partial charge on any atom is -0.493 e. The van der Waals surface area contributed by atoms with Gasteiger partial charge in [0.15, 0.2) is 11.5 Å². The van der Waals surface area contributed by atoms with Crippen molar-refractivity contribution in [1.29, 1.82) is 0 Å². The molecule has 0 aliphatic carbocycles. The van der Waals surface area contributed by atoms with Crippen LogP contribution in [0, 0.1) is 0 Å². The van der Waals surface area contributed by atoms with Crippen LogP contribution in [-0.4, -0.2) is 54.2 Å². The lowest BCUT2D eigenvalue weighted by atomic mass is 10.1. The Bertz CT molecular complexity index is 1110. The van der Waals surface area contributed by atoms with Gasteiger partial charge in [0.05, 0.1) is 30.3 Å². The molecule has 1 N–H and O–H groups in total. The minimum atomic E-state index is -0.272. The van der Waals surface area contributed by atoms with Crippen molar-refractivity contribution >= 4 is 28.8 Å². The number of rotatable bonds is 8. The average molecular weight is 471 g/mol. The number of anilines is 1. The number of carbonyl (C=O) groups excluding carboxylic acids is 2. The predicted octanol–water partition coefficient (Wildman–Crippen LogP) is 4.01. The van der Waals surface area contributed by atoms with Crippen molar-refractivity contribution in [3.05, 3.63) is 41.1 Å². The Morgan fingerprint density at radius 2 is 1.91 bits per heavy atom. The van der Waals surface area contributed by atoms with Crippen LogP contribution in [0.2, 0.25) is 0 Å². The summed E-state index contributed by atoms with van der Waals surface area (Å²) in [5.74, 6) is 1.35. The van der Waals surface area contributed by atoms with Gasteiger partial charge in [-0.05, 0) is 36.8 Å². The topological polar surface area (TPSA) is 107 Å². The van der Waals surface area contributed by atoms with E-state index in [1.807, 2.05) is 22.4 Å². The van der Waals surface area contributed by atoms with E-state index in [1.165, 1.54) is 25.6 Å². The molecular formula is C23H26N4O5S. The van der Waals surface area contributed by atoms with Gasteiger partial charge in [-0.2, -0.15) is 4.98 Å². The van der Waals surface area contributed by atoms with Crippen molar-refractivity contribution in [3.63, 3.8) is 0 Å². The molecule has 0 bridgehead atoms. The van der Waals surface area contributed by atoms with Crippen LogP contribution in [0.25, 0.3) is 10.7 Å². The van der Waals surface area contributed by atoms with Crippen LogP contribution >= 0.6 is 11.3 Å². The highest BCUT2D eigenvalue weighted by Gasteiger charge is 2.24. The number of thiophene rings is 1. The number of piperidine rings is 1. The van der Waals surface area contributed by atoms with Crippen LogP contribution in [0.4, 0.5) is 5.69 Å². The van der Waals surface area contributed by atoms with E-state index >= 15 is 0 Å². The summed E-state index contributed by atoms with van der Waals surface area (Å²) >= 11 is 1.52. The summed E-state index contributed by atoms with van der Waals surface area (Å²) in [6.07, 6.45) is 3.46. The molecule has 4 rings (SSSR count). The van der Waals surface area contributed by atoms with Crippen LogP contribution in [0.5, 0.6) is 11.5 Å². The molecule has 0 radical (unpaired) electrons. The monoisotopic (exact) mass is 470 g/mol. The molecule has 0 saturated carbocycles. The molecule has 33 heavy (non-hydrogen) atoms. The van der Waals surface area contributed by atoms with Gasteiger partial charge >= 0.3 is 0 Å². The van der Waals surface area contributed by atoms with E-state index in [0.29, 0.717) is 47.6 Å². The second-order valence-electron chi connectivity index (χ2n) is 7.64.